The summed E-state index contributed by atoms with van der Waals surface area (Å²) in [5.74, 6) is 1.16. The van der Waals surface area contributed by atoms with E-state index in [1.807, 2.05) is 26.1 Å². The van der Waals surface area contributed by atoms with E-state index in [0.717, 1.165) is 11.1 Å². The molecule has 0 aliphatic carbocycles. The molecule has 0 radical (unpaired) electrons. The summed E-state index contributed by atoms with van der Waals surface area (Å²) in [6.45, 7) is 12.1. The lowest BCUT2D eigenvalue weighted by Crippen LogP contribution is -2.54. The molecule has 0 aliphatic heterocycles. The molecule has 2 aromatic carbocycles. The molecule has 0 amide bonds. The molecule has 0 spiro atoms. The maximum atomic E-state index is 13.6. The molecule has 2 aromatic rings. The van der Waals surface area contributed by atoms with Gasteiger partial charge in [0.25, 0.3) is 10.0 Å². The number of hydrogen-bond acceptors (Lipinski definition) is 5. The molecule has 6 nitrogen and oxygen atoms in total. The molecule has 0 unspecified atom stereocenters. The normalized spacial score (nSPS) is 12.8. The molecule has 30 heavy (non-hydrogen) atoms. The third-order valence-corrected chi connectivity index (χ3v) is 13.8. The predicted octanol–water partition coefficient (Wildman–Crippen LogP) is 5.04. The first-order chi connectivity index (χ1) is 13.8. The van der Waals surface area contributed by atoms with Crippen molar-refractivity contribution >= 4 is 24.5 Å². The van der Waals surface area contributed by atoms with Gasteiger partial charge in [0.1, 0.15) is 0 Å². The Bertz CT molecular complexity index is 1010. The van der Waals surface area contributed by atoms with E-state index < -0.39 is 18.3 Å². The Labute approximate surface area is 181 Å². The molecule has 0 N–H and O–H groups in total. The number of rotatable bonds is 7. The number of hydrogen-bond donors (Lipinski definition) is 0. The Morgan fingerprint density at radius 2 is 1.53 bits per heavy atom. The molecular weight excluding hydrogens is 416 g/mol. The Morgan fingerprint density at radius 3 is 2.03 bits per heavy atom. The van der Waals surface area contributed by atoms with Gasteiger partial charge in [-0.15, -0.1) is 0 Å². The van der Waals surface area contributed by atoms with Crippen LogP contribution < -0.4 is 9.47 Å². The molecule has 0 saturated heterocycles. The quantitative estimate of drug-likeness (QED) is 0.338. The van der Waals surface area contributed by atoms with Crippen LogP contribution in [-0.4, -0.2) is 41.2 Å². The fourth-order valence-electron chi connectivity index (χ4n) is 2.66. The minimum Gasteiger partial charge on any atom is -0.493 e. The van der Waals surface area contributed by atoms with Crippen molar-refractivity contribution in [2.45, 2.75) is 50.7 Å². The van der Waals surface area contributed by atoms with E-state index in [-0.39, 0.29) is 9.93 Å². The number of hydrazone groups is 1. The van der Waals surface area contributed by atoms with Crippen molar-refractivity contribution in [2.75, 3.05) is 14.2 Å². The van der Waals surface area contributed by atoms with Crippen LogP contribution in [-0.2, 0) is 10.0 Å². The van der Waals surface area contributed by atoms with E-state index >= 15 is 0 Å². The summed E-state index contributed by atoms with van der Waals surface area (Å²) in [5.41, 5.74) is 1.72. The van der Waals surface area contributed by atoms with Gasteiger partial charge >= 0.3 is 0 Å². The average molecular weight is 449 g/mol. The maximum absolute atomic E-state index is 13.6. The summed E-state index contributed by atoms with van der Waals surface area (Å²) in [6.07, 6.45) is 1.56. The lowest BCUT2D eigenvalue weighted by atomic mass is 10.2. The van der Waals surface area contributed by atoms with Gasteiger partial charge in [-0.2, -0.15) is 5.10 Å². The van der Waals surface area contributed by atoms with Crippen molar-refractivity contribution in [1.82, 2.24) is 4.08 Å². The highest BCUT2D eigenvalue weighted by Crippen LogP contribution is 2.41. The number of benzene rings is 2. The van der Waals surface area contributed by atoms with Crippen LogP contribution in [0.1, 0.15) is 31.9 Å². The Balaban J connectivity index is 2.58. The molecule has 0 fully saturated rings. The molecular formula is C22H32N2O4SSi. The highest BCUT2D eigenvalue weighted by atomic mass is 32.2. The average Bonchev–Trinajstić information content (AvgIpc) is 2.67. The Hall–Kier alpha value is -2.32. The molecule has 0 aliphatic rings. The molecule has 0 aromatic heterocycles. The van der Waals surface area contributed by atoms with E-state index in [0.29, 0.717) is 11.5 Å². The maximum Gasteiger partial charge on any atom is 0.271 e. The van der Waals surface area contributed by atoms with Crippen LogP contribution in [0, 0.1) is 6.92 Å². The van der Waals surface area contributed by atoms with Crippen molar-refractivity contribution in [3.05, 3.63) is 53.6 Å². The molecule has 2 rings (SSSR count). The second-order valence-electron chi connectivity index (χ2n) is 8.73. The van der Waals surface area contributed by atoms with Crippen LogP contribution in [0.4, 0.5) is 0 Å². The van der Waals surface area contributed by atoms with Crippen LogP contribution in [0.2, 0.25) is 18.1 Å². The number of aryl methyl sites for hydroxylation is 1. The van der Waals surface area contributed by atoms with Crippen LogP contribution in [0.5, 0.6) is 11.5 Å². The third kappa shape index (κ3) is 4.87. The first-order valence-electron chi connectivity index (χ1n) is 9.72. The van der Waals surface area contributed by atoms with Gasteiger partial charge in [-0.1, -0.05) is 38.5 Å². The van der Waals surface area contributed by atoms with E-state index in [9.17, 15) is 8.42 Å². The van der Waals surface area contributed by atoms with Gasteiger partial charge in [0.15, 0.2) is 11.5 Å². The summed E-state index contributed by atoms with van der Waals surface area (Å²) in [6, 6.07) is 12.2. The fraction of sp³-hybridized carbons (Fsp3) is 0.409. The van der Waals surface area contributed by atoms with Crippen LogP contribution in [0.15, 0.2) is 52.5 Å². The van der Waals surface area contributed by atoms with Gasteiger partial charge in [0.2, 0.25) is 8.24 Å². The number of sulfonamides is 1. The lowest BCUT2D eigenvalue weighted by molar-refractivity contribution is 0.355. The summed E-state index contributed by atoms with van der Waals surface area (Å²) in [4.78, 5) is 0.238. The van der Waals surface area contributed by atoms with Crippen LogP contribution in [0.3, 0.4) is 0 Å². The van der Waals surface area contributed by atoms with E-state index in [1.54, 1.807) is 56.8 Å². The SMILES string of the molecule is COc1ccc(/C=N/N([Si](C)(C)C(C)(C)C)S(=O)(=O)c2ccc(C)cc2)cc1OC. The fourth-order valence-corrected chi connectivity index (χ4v) is 7.97. The topological polar surface area (TPSA) is 68.2 Å². The zero-order valence-corrected chi connectivity index (χ0v) is 20.9. The lowest BCUT2D eigenvalue weighted by Gasteiger charge is -2.42. The first-order valence-corrected chi connectivity index (χ1v) is 14.1. The molecule has 0 bridgehead atoms. The van der Waals surface area contributed by atoms with Crippen molar-refractivity contribution in [3.63, 3.8) is 0 Å². The number of nitrogens with zero attached hydrogens (tertiary/aromatic N) is 2. The third-order valence-electron chi connectivity index (χ3n) is 5.58. The summed E-state index contributed by atoms with van der Waals surface area (Å²) >= 11 is 0. The van der Waals surface area contributed by atoms with E-state index in [4.69, 9.17) is 9.47 Å². The zero-order chi connectivity index (χ0) is 22.7. The molecule has 0 heterocycles. The van der Waals surface area contributed by atoms with Gasteiger partial charge in [-0.05, 0) is 61.0 Å². The monoisotopic (exact) mass is 448 g/mol. The van der Waals surface area contributed by atoms with Gasteiger partial charge in [-0.25, -0.2) is 12.5 Å². The van der Waals surface area contributed by atoms with E-state index in [2.05, 4.69) is 25.9 Å². The molecule has 0 atom stereocenters. The highest BCUT2D eigenvalue weighted by Gasteiger charge is 2.47. The van der Waals surface area contributed by atoms with Crippen molar-refractivity contribution in [1.29, 1.82) is 0 Å². The largest absolute Gasteiger partial charge is 0.493 e. The second-order valence-corrected chi connectivity index (χ2v) is 15.9. The standard InChI is InChI=1S/C22H32N2O4SSi/c1-17-9-12-19(13-10-17)29(25,26)24(30(7,8)22(2,3)4)23-16-18-11-14-20(27-5)21(15-18)28-6/h9-16H,1-8H3/b23-16+. The molecule has 8 heteroatoms. The summed E-state index contributed by atoms with van der Waals surface area (Å²) < 4.78 is 39.1. The van der Waals surface area contributed by atoms with Crippen molar-refractivity contribution in [2.24, 2.45) is 5.10 Å². The van der Waals surface area contributed by atoms with Crippen molar-refractivity contribution < 1.29 is 17.9 Å². The smallest absolute Gasteiger partial charge is 0.271 e. The first kappa shape index (κ1) is 24.0. The number of methoxy groups -OCH3 is 2. The molecule has 0 saturated carbocycles. The zero-order valence-electron chi connectivity index (χ0n) is 19.1. The van der Waals surface area contributed by atoms with Gasteiger partial charge in [0, 0.05) is 0 Å². The minimum absolute atomic E-state index is 0.236. The van der Waals surface area contributed by atoms with Gasteiger partial charge in [0.05, 0.1) is 25.3 Å². The van der Waals surface area contributed by atoms with E-state index in [1.165, 1.54) is 4.08 Å². The Morgan fingerprint density at radius 1 is 0.967 bits per heavy atom. The Kier molecular flexibility index (Phi) is 7.03. The summed E-state index contributed by atoms with van der Waals surface area (Å²) in [7, 11) is -3.26. The molecule has 164 valence electrons. The predicted molar refractivity (Wildman–Crippen MR) is 125 cm³/mol. The van der Waals surface area contributed by atoms with Crippen LogP contribution >= 0.6 is 0 Å². The number of ether oxygens (including phenoxy) is 2. The summed E-state index contributed by atoms with van der Waals surface area (Å²) in [5, 5.41) is 4.28. The van der Waals surface area contributed by atoms with Crippen LogP contribution in [0.25, 0.3) is 0 Å². The minimum atomic E-state index is -3.82. The van der Waals surface area contributed by atoms with Gasteiger partial charge < -0.3 is 9.47 Å². The highest BCUT2D eigenvalue weighted by molar-refractivity contribution is 7.90. The second kappa shape index (κ2) is 8.81. The van der Waals surface area contributed by atoms with Crippen molar-refractivity contribution in [3.8, 4) is 11.5 Å². The van der Waals surface area contributed by atoms with Gasteiger partial charge in [-0.3, -0.25) is 0 Å².